The fourth-order valence-corrected chi connectivity index (χ4v) is 2.85. The van der Waals surface area contributed by atoms with Gasteiger partial charge in [0.25, 0.3) is 0 Å². The number of ether oxygens (including phenoxy) is 1. The molecule has 1 atom stereocenters. The monoisotopic (exact) mass is 283 g/mol. The highest BCUT2D eigenvalue weighted by Crippen LogP contribution is 2.29. The van der Waals surface area contributed by atoms with Crippen molar-refractivity contribution in [1.29, 1.82) is 0 Å². The standard InChI is InChI=1S/C17H17NO3/c19-17(20)21-16(15-7-3-4-10-18-15)14-9-8-12-5-1-2-6-13(12)11-14/h3-4,7-11,16H,1-2,5-6H2,(H,19,20). The number of aromatic nitrogens is 1. The van der Waals surface area contributed by atoms with Crippen LogP contribution in [0.15, 0.2) is 42.6 Å². The molecule has 3 rings (SSSR count). The second-order valence-corrected chi connectivity index (χ2v) is 5.25. The summed E-state index contributed by atoms with van der Waals surface area (Å²) in [6.45, 7) is 0. The van der Waals surface area contributed by atoms with Gasteiger partial charge < -0.3 is 9.84 Å². The van der Waals surface area contributed by atoms with Crippen molar-refractivity contribution in [3.05, 3.63) is 65.0 Å². The van der Waals surface area contributed by atoms with Crippen LogP contribution in [0.4, 0.5) is 4.79 Å². The number of aryl methyl sites for hydroxylation is 2. The zero-order valence-corrected chi connectivity index (χ0v) is 11.7. The maximum Gasteiger partial charge on any atom is 0.506 e. The normalized spacial score (nSPS) is 15.0. The second kappa shape index (κ2) is 5.95. The lowest BCUT2D eigenvalue weighted by molar-refractivity contribution is 0.0648. The quantitative estimate of drug-likeness (QED) is 0.872. The first-order valence-corrected chi connectivity index (χ1v) is 7.16. The van der Waals surface area contributed by atoms with Gasteiger partial charge in [0.05, 0.1) is 5.69 Å². The Kier molecular flexibility index (Phi) is 3.86. The Balaban J connectivity index is 1.98. The average molecular weight is 283 g/mol. The third-order valence-electron chi connectivity index (χ3n) is 3.85. The van der Waals surface area contributed by atoms with Gasteiger partial charge in [-0.2, -0.15) is 0 Å². The number of carboxylic acid groups (broad SMARTS) is 1. The van der Waals surface area contributed by atoms with E-state index in [0.29, 0.717) is 5.69 Å². The molecule has 0 spiro atoms. The molecular formula is C17H17NO3. The van der Waals surface area contributed by atoms with Gasteiger partial charge in [0.15, 0.2) is 6.10 Å². The van der Waals surface area contributed by atoms with Gasteiger partial charge in [0, 0.05) is 6.20 Å². The van der Waals surface area contributed by atoms with Gasteiger partial charge in [0.2, 0.25) is 0 Å². The maximum atomic E-state index is 11.0. The molecule has 1 aromatic heterocycles. The first kappa shape index (κ1) is 13.6. The number of nitrogens with zero attached hydrogens (tertiary/aromatic N) is 1. The molecule has 0 radical (unpaired) electrons. The highest BCUT2D eigenvalue weighted by molar-refractivity contribution is 5.58. The minimum Gasteiger partial charge on any atom is -0.450 e. The predicted octanol–water partition coefficient (Wildman–Crippen LogP) is 3.74. The molecule has 0 saturated carbocycles. The molecule has 4 heteroatoms. The van der Waals surface area contributed by atoms with Gasteiger partial charge >= 0.3 is 6.16 Å². The summed E-state index contributed by atoms with van der Waals surface area (Å²) in [5.74, 6) is 0. The van der Waals surface area contributed by atoms with E-state index in [-0.39, 0.29) is 0 Å². The number of hydrogen-bond donors (Lipinski definition) is 1. The number of carbonyl (C=O) groups is 1. The number of fused-ring (bicyclic) bond motifs is 1. The lowest BCUT2D eigenvalue weighted by Gasteiger charge is -2.20. The Hall–Kier alpha value is -2.36. The molecule has 1 aromatic carbocycles. The molecule has 0 bridgehead atoms. The van der Waals surface area contributed by atoms with Crippen LogP contribution >= 0.6 is 0 Å². The van der Waals surface area contributed by atoms with Crippen LogP contribution in [0.2, 0.25) is 0 Å². The molecule has 108 valence electrons. The van der Waals surface area contributed by atoms with E-state index in [1.54, 1.807) is 18.3 Å². The van der Waals surface area contributed by atoms with Crippen LogP contribution in [-0.2, 0) is 17.6 Å². The van der Waals surface area contributed by atoms with E-state index < -0.39 is 12.3 Å². The summed E-state index contributed by atoms with van der Waals surface area (Å²) in [6, 6.07) is 11.5. The van der Waals surface area contributed by atoms with Gasteiger partial charge in [-0.1, -0.05) is 24.3 Å². The van der Waals surface area contributed by atoms with Crippen LogP contribution in [0.1, 0.15) is 41.3 Å². The van der Waals surface area contributed by atoms with E-state index in [1.807, 2.05) is 12.1 Å². The van der Waals surface area contributed by atoms with Crippen molar-refractivity contribution in [2.45, 2.75) is 31.8 Å². The molecule has 4 nitrogen and oxygen atoms in total. The maximum absolute atomic E-state index is 11.0. The van der Waals surface area contributed by atoms with Crippen molar-refractivity contribution in [1.82, 2.24) is 4.98 Å². The van der Waals surface area contributed by atoms with Crippen molar-refractivity contribution < 1.29 is 14.6 Å². The fraction of sp³-hybridized carbons (Fsp3) is 0.294. The fourth-order valence-electron chi connectivity index (χ4n) is 2.85. The lowest BCUT2D eigenvalue weighted by Crippen LogP contribution is -2.13. The summed E-state index contributed by atoms with van der Waals surface area (Å²) >= 11 is 0. The summed E-state index contributed by atoms with van der Waals surface area (Å²) in [6.07, 6.45) is 4.24. The van der Waals surface area contributed by atoms with Gasteiger partial charge in [-0.25, -0.2) is 4.79 Å². The average Bonchev–Trinajstić information content (AvgIpc) is 2.53. The van der Waals surface area contributed by atoms with Crippen molar-refractivity contribution in [3.63, 3.8) is 0 Å². The number of benzene rings is 1. The summed E-state index contributed by atoms with van der Waals surface area (Å²) in [4.78, 5) is 15.2. The van der Waals surface area contributed by atoms with Gasteiger partial charge in [-0.15, -0.1) is 0 Å². The van der Waals surface area contributed by atoms with Crippen molar-refractivity contribution in [2.24, 2.45) is 0 Å². The Morgan fingerprint density at radius 1 is 1.14 bits per heavy atom. The smallest absolute Gasteiger partial charge is 0.450 e. The predicted molar refractivity (Wildman–Crippen MR) is 78.3 cm³/mol. The van der Waals surface area contributed by atoms with Gasteiger partial charge in [-0.3, -0.25) is 4.98 Å². The molecule has 21 heavy (non-hydrogen) atoms. The van der Waals surface area contributed by atoms with Crippen LogP contribution < -0.4 is 0 Å². The van der Waals surface area contributed by atoms with Crippen LogP contribution in [-0.4, -0.2) is 16.2 Å². The number of pyridine rings is 1. The van der Waals surface area contributed by atoms with Crippen molar-refractivity contribution >= 4 is 6.16 Å². The van der Waals surface area contributed by atoms with Gasteiger partial charge in [-0.05, 0) is 54.5 Å². The zero-order valence-electron chi connectivity index (χ0n) is 11.7. The van der Waals surface area contributed by atoms with E-state index in [0.717, 1.165) is 18.4 Å². The molecule has 0 amide bonds. The highest BCUT2D eigenvalue weighted by Gasteiger charge is 2.21. The molecule has 1 N–H and O–H groups in total. The first-order chi connectivity index (χ1) is 10.2. The highest BCUT2D eigenvalue weighted by atomic mass is 16.7. The van der Waals surface area contributed by atoms with E-state index in [4.69, 9.17) is 9.84 Å². The van der Waals surface area contributed by atoms with Crippen LogP contribution in [0.25, 0.3) is 0 Å². The molecular weight excluding hydrogens is 266 g/mol. The first-order valence-electron chi connectivity index (χ1n) is 7.16. The Bertz CT molecular complexity index is 640. The van der Waals surface area contributed by atoms with Gasteiger partial charge in [0.1, 0.15) is 0 Å². The molecule has 1 aliphatic carbocycles. The number of rotatable bonds is 3. The molecule has 1 unspecified atom stereocenters. The largest absolute Gasteiger partial charge is 0.506 e. The Morgan fingerprint density at radius 2 is 1.95 bits per heavy atom. The van der Waals surface area contributed by atoms with E-state index >= 15 is 0 Å². The second-order valence-electron chi connectivity index (χ2n) is 5.25. The molecule has 1 aliphatic rings. The van der Waals surface area contributed by atoms with Crippen LogP contribution in [0.5, 0.6) is 0 Å². The van der Waals surface area contributed by atoms with E-state index in [1.165, 1.54) is 24.0 Å². The molecule has 0 aliphatic heterocycles. The number of hydrogen-bond acceptors (Lipinski definition) is 3. The third-order valence-corrected chi connectivity index (χ3v) is 3.85. The minimum absolute atomic E-state index is 0.607. The van der Waals surface area contributed by atoms with Crippen LogP contribution in [0.3, 0.4) is 0 Å². The summed E-state index contributed by atoms with van der Waals surface area (Å²) in [5, 5.41) is 8.99. The lowest BCUT2D eigenvalue weighted by atomic mass is 9.89. The van der Waals surface area contributed by atoms with E-state index in [2.05, 4.69) is 17.1 Å². The summed E-state index contributed by atoms with van der Waals surface area (Å²) in [7, 11) is 0. The third kappa shape index (κ3) is 3.05. The van der Waals surface area contributed by atoms with Crippen molar-refractivity contribution in [2.75, 3.05) is 0 Å². The Labute approximate surface area is 123 Å². The summed E-state index contributed by atoms with van der Waals surface area (Å²) in [5.41, 5.74) is 4.11. The SMILES string of the molecule is O=C(O)OC(c1ccc2c(c1)CCCC2)c1ccccn1. The molecule has 1 heterocycles. The topological polar surface area (TPSA) is 59.4 Å². The molecule has 0 saturated heterocycles. The minimum atomic E-state index is -1.29. The van der Waals surface area contributed by atoms with E-state index in [9.17, 15) is 4.79 Å². The summed E-state index contributed by atoms with van der Waals surface area (Å²) < 4.78 is 5.07. The zero-order chi connectivity index (χ0) is 14.7. The van der Waals surface area contributed by atoms with Crippen LogP contribution in [0, 0.1) is 0 Å². The Morgan fingerprint density at radius 3 is 2.67 bits per heavy atom. The molecule has 0 fully saturated rings. The van der Waals surface area contributed by atoms with Crippen molar-refractivity contribution in [3.8, 4) is 0 Å². The molecule has 2 aromatic rings.